The average molecular weight is 469 g/mol. The van der Waals surface area contributed by atoms with Gasteiger partial charge in [0, 0.05) is 64.0 Å². The third-order valence-corrected chi connectivity index (χ3v) is 7.23. The van der Waals surface area contributed by atoms with Crippen LogP contribution in [-0.2, 0) is 17.9 Å². The number of nitrogens with zero attached hydrogens (tertiary/aromatic N) is 1. The van der Waals surface area contributed by atoms with Crippen LogP contribution in [0.3, 0.4) is 0 Å². The van der Waals surface area contributed by atoms with Crippen molar-refractivity contribution in [2.45, 2.75) is 50.7 Å². The molecule has 1 saturated carbocycles. The highest BCUT2D eigenvalue weighted by molar-refractivity contribution is 7.90. The second-order valence-electron chi connectivity index (χ2n) is 8.43. The normalized spacial score (nSPS) is 16.8. The first-order valence-corrected chi connectivity index (χ1v) is 11.9. The lowest BCUT2D eigenvalue weighted by molar-refractivity contribution is -0.152. The van der Waals surface area contributed by atoms with E-state index < -0.39 is 23.6 Å². The Bertz CT molecular complexity index is 1080. The molecule has 0 aliphatic heterocycles. The summed E-state index contributed by atoms with van der Waals surface area (Å²) >= 11 is 4.63. The van der Waals surface area contributed by atoms with Gasteiger partial charge in [0.2, 0.25) is 0 Å². The summed E-state index contributed by atoms with van der Waals surface area (Å²) in [5.74, 6) is 0.241. The molecule has 2 aromatic carbocycles. The molecule has 0 bridgehead atoms. The van der Waals surface area contributed by atoms with Crippen molar-refractivity contribution in [2.75, 3.05) is 0 Å². The molecular formula is C23H24ClF3N2OS. The molecule has 1 heterocycles. The third-order valence-electron chi connectivity index (χ3n) is 5.36. The van der Waals surface area contributed by atoms with Crippen molar-refractivity contribution < 1.29 is 17.7 Å². The first kappa shape index (κ1) is 22.5. The molecule has 31 heavy (non-hydrogen) atoms. The van der Waals surface area contributed by atoms with Crippen LogP contribution < -0.4 is 4.72 Å². The summed E-state index contributed by atoms with van der Waals surface area (Å²) in [4.78, 5) is 0. The van der Waals surface area contributed by atoms with E-state index in [1.165, 1.54) is 0 Å². The molecule has 1 fully saturated rings. The summed E-state index contributed by atoms with van der Waals surface area (Å²) in [6.45, 7) is 4.61. The number of fused-ring (bicyclic) bond motifs is 1. The molecule has 3 nitrogen and oxygen atoms in total. The molecule has 0 amide bonds. The van der Waals surface area contributed by atoms with Gasteiger partial charge in [-0.2, -0.15) is 13.2 Å². The predicted octanol–water partition coefficient (Wildman–Crippen LogP) is 6.64. The van der Waals surface area contributed by atoms with Gasteiger partial charge >= 0.3 is 6.18 Å². The smallest absolute Gasteiger partial charge is 0.412 e. The fourth-order valence-corrected chi connectivity index (χ4v) is 5.25. The van der Waals surface area contributed by atoms with Crippen LogP contribution >= 0.6 is 11.6 Å². The molecule has 1 unspecified atom stereocenters. The van der Waals surface area contributed by atoms with Crippen LogP contribution in [-0.4, -0.2) is 20.5 Å². The molecule has 0 spiro atoms. The molecule has 0 saturated heterocycles. The van der Waals surface area contributed by atoms with Crippen molar-refractivity contribution in [1.82, 2.24) is 9.29 Å². The second-order valence-corrected chi connectivity index (χ2v) is 10.3. The lowest BCUT2D eigenvalue weighted by Gasteiger charge is -2.22. The second kappa shape index (κ2) is 8.70. The van der Waals surface area contributed by atoms with E-state index >= 15 is 0 Å². The van der Waals surface area contributed by atoms with E-state index in [-0.39, 0.29) is 16.7 Å². The van der Waals surface area contributed by atoms with Gasteiger partial charge in [0.15, 0.2) is 6.04 Å². The van der Waals surface area contributed by atoms with Gasteiger partial charge in [0.1, 0.15) is 5.25 Å². The molecule has 3 aromatic rings. The largest absolute Gasteiger partial charge is 0.598 e. The highest BCUT2D eigenvalue weighted by Crippen LogP contribution is 2.41. The Morgan fingerprint density at radius 1 is 1.19 bits per heavy atom. The number of aromatic nitrogens is 1. The van der Waals surface area contributed by atoms with E-state index in [1.807, 2.05) is 42.7 Å². The quantitative estimate of drug-likeness (QED) is 0.395. The van der Waals surface area contributed by atoms with Gasteiger partial charge in [0.05, 0.1) is 0 Å². The first-order valence-electron chi connectivity index (χ1n) is 10.3. The maximum atomic E-state index is 14.0. The fraction of sp³-hybridized carbons (Fsp3) is 0.391. The number of hydrogen-bond donors (Lipinski definition) is 1. The minimum Gasteiger partial charge on any atom is -0.598 e. The maximum absolute atomic E-state index is 14.0. The molecular weight excluding hydrogens is 445 g/mol. The maximum Gasteiger partial charge on any atom is 0.412 e. The van der Waals surface area contributed by atoms with E-state index in [0.717, 1.165) is 11.1 Å². The number of nitrogens with one attached hydrogen (secondary N) is 1. The minimum atomic E-state index is -4.57. The van der Waals surface area contributed by atoms with Crippen molar-refractivity contribution in [1.29, 1.82) is 0 Å². The van der Waals surface area contributed by atoms with E-state index in [9.17, 15) is 17.7 Å². The molecule has 0 radical (unpaired) electrons. The van der Waals surface area contributed by atoms with E-state index in [1.54, 1.807) is 24.4 Å². The van der Waals surface area contributed by atoms with Crippen LogP contribution in [0.25, 0.3) is 22.0 Å². The van der Waals surface area contributed by atoms with Crippen LogP contribution in [0, 0.1) is 5.92 Å². The highest BCUT2D eigenvalue weighted by Gasteiger charge is 2.48. The zero-order valence-electron chi connectivity index (χ0n) is 17.2. The Morgan fingerprint density at radius 3 is 2.52 bits per heavy atom. The summed E-state index contributed by atoms with van der Waals surface area (Å²) in [5.41, 5.74) is 2.47. The first-order chi connectivity index (χ1) is 14.6. The lowest BCUT2D eigenvalue weighted by atomic mass is 10.0. The molecule has 2 atom stereocenters. The third kappa shape index (κ3) is 4.90. The van der Waals surface area contributed by atoms with Crippen molar-refractivity contribution in [2.24, 2.45) is 5.92 Å². The van der Waals surface area contributed by atoms with Gasteiger partial charge < -0.3 is 9.12 Å². The molecule has 1 aliphatic carbocycles. The minimum absolute atomic E-state index is 0.0999. The Labute approximate surface area is 187 Å². The Balaban J connectivity index is 1.83. The Kier molecular flexibility index (Phi) is 6.32. The lowest BCUT2D eigenvalue weighted by Crippen LogP contribution is -2.39. The highest BCUT2D eigenvalue weighted by atomic mass is 35.5. The molecule has 4 rings (SSSR count). The van der Waals surface area contributed by atoms with Crippen LogP contribution in [0.15, 0.2) is 48.7 Å². The van der Waals surface area contributed by atoms with Crippen LogP contribution in [0.5, 0.6) is 0 Å². The molecule has 166 valence electrons. The topological polar surface area (TPSA) is 40.0 Å². The van der Waals surface area contributed by atoms with Gasteiger partial charge in [-0.15, -0.1) is 4.72 Å². The molecule has 1 N–H and O–H groups in total. The predicted molar refractivity (Wildman–Crippen MR) is 120 cm³/mol. The van der Waals surface area contributed by atoms with Gasteiger partial charge in [-0.05, 0) is 23.6 Å². The Hall–Kier alpha value is -1.67. The van der Waals surface area contributed by atoms with Gasteiger partial charge in [-0.1, -0.05) is 55.8 Å². The number of benzene rings is 2. The van der Waals surface area contributed by atoms with Crippen LogP contribution in [0.4, 0.5) is 13.2 Å². The van der Waals surface area contributed by atoms with Crippen molar-refractivity contribution >= 4 is 33.9 Å². The summed E-state index contributed by atoms with van der Waals surface area (Å²) in [6.07, 6.45) is -1.62. The molecule has 1 aliphatic rings. The monoisotopic (exact) mass is 468 g/mol. The van der Waals surface area contributed by atoms with Crippen LogP contribution in [0.2, 0.25) is 5.02 Å². The fourth-order valence-electron chi connectivity index (χ4n) is 3.76. The average Bonchev–Trinajstić information content (AvgIpc) is 3.49. The molecule has 8 heteroatoms. The standard InChI is InChI=1S/C23H24ClF3N2OS/c1-14(2)12-29-13-19(22(23(25,26)27)28-31(30)16-8-9-16)18-10-7-15(11-21(18)29)17-5-3-4-6-20(17)24/h3-7,10-11,13-14,16,22,28H,8-9,12H2,1-2H3/t22-,31?/m0/s1. The van der Waals surface area contributed by atoms with Crippen molar-refractivity contribution in [3.05, 3.63) is 59.2 Å². The van der Waals surface area contributed by atoms with E-state index in [2.05, 4.69) is 4.72 Å². The number of halogens is 4. The van der Waals surface area contributed by atoms with Gasteiger partial charge in [-0.3, -0.25) is 0 Å². The number of alkyl halides is 3. The van der Waals surface area contributed by atoms with Crippen molar-refractivity contribution in [3.8, 4) is 11.1 Å². The summed E-state index contributed by atoms with van der Waals surface area (Å²) in [6, 6.07) is 10.8. The zero-order valence-corrected chi connectivity index (χ0v) is 18.8. The van der Waals surface area contributed by atoms with E-state index in [4.69, 9.17) is 11.6 Å². The summed E-state index contributed by atoms with van der Waals surface area (Å²) in [5, 5.41) is 0.887. The van der Waals surface area contributed by atoms with Gasteiger partial charge in [0.25, 0.3) is 0 Å². The SMILES string of the molecule is CC(C)Cn1cc([C@H](N[S+]([O-])C2CC2)C(F)(F)F)c2ccc(-c3ccccc3Cl)cc21. The number of hydrogen-bond acceptors (Lipinski definition) is 2. The molecule has 1 aromatic heterocycles. The summed E-state index contributed by atoms with van der Waals surface area (Å²) in [7, 11) is 0. The van der Waals surface area contributed by atoms with Gasteiger partial charge in [-0.25, -0.2) is 0 Å². The van der Waals surface area contributed by atoms with Crippen LogP contribution in [0.1, 0.15) is 38.3 Å². The Morgan fingerprint density at radius 2 is 1.90 bits per heavy atom. The number of rotatable bonds is 7. The summed E-state index contributed by atoms with van der Waals surface area (Å²) < 4.78 is 58.6. The van der Waals surface area contributed by atoms with E-state index in [0.29, 0.717) is 35.3 Å². The zero-order chi connectivity index (χ0) is 22.3. The van der Waals surface area contributed by atoms with Crippen molar-refractivity contribution in [3.63, 3.8) is 0 Å².